The number of fused-ring (bicyclic) bond motifs is 2. The zero-order valence-corrected chi connectivity index (χ0v) is 22.1. The van der Waals surface area contributed by atoms with E-state index in [1.165, 1.54) is 43.2 Å². The first-order chi connectivity index (χ1) is 16.7. The Hall–Kier alpha value is -1.49. The van der Waals surface area contributed by atoms with Crippen LogP contribution in [0.15, 0.2) is 40.8 Å². The third-order valence-corrected chi connectivity index (χ3v) is 9.80. The molecule has 2 aliphatic heterocycles. The third kappa shape index (κ3) is 4.55. The standard InChI is InChI=1S/C29H37ClN2O2.ClH/c30-27-17-23-26(34-27)12-7-14-29(23)19-31-18-24(29)28(33)32-15-13-22(20-8-3-1-4-9-20)16-25(32)21-10-5-2-6-11-21;/h1,3-4,8-9,17,21-22,24-25,31H,2,5-7,10-16,18-19H2;1H/t22-,24+,25+,29+;/m1./s1. The van der Waals surface area contributed by atoms with Gasteiger partial charge in [0.2, 0.25) is 5.91 Å². The van der Waals surface area contributed by atoms with E-state index in [0.29, 0.717) is 29.0 Å². The second-order valence-corrected chi connectivity index (χ2v) is 11.7. The molecule has 3 heterocycles. The fraction of sp³-hybridized carbons (Fsp3) is 0.621. The topological polar surface area (TPSA) is 50.1 Å². The number of likely N-dealkylation sites (tertiary alicyclic amines) is 1. The molecule has 4 atom stereocenters. The number of piperidine rings is 1. The lowest BCUT2D eigenvalue weighted by atomic mass is 9.65. The summed E-state index contributed by atoms with van der Waals surface area (Å²) in [4.78, 5) is 16.8. The second-order valence-electron chi connectivity index (χ2n) is 11.3. The molecule has 2 saturated heterocycles. The number of carbonyl (C=O) groups is 1. The van der Waals surface area contributed by atoms with Crippen LogP contribution < -0.4 is 17.7 Å². The first-order valence-electron chi connectivity index (χ1n) is 13.6. The molecule has 2 aliphatic carbocycles. The summed E-state index contributed by atoms with van der Waals surface area (Å²) in [5.74, 6) is 2.67. The van der Waals surface area contributed by atoms with Gasteiger partial charge >= 0.3 is 0 Å². The Morgan fingerprint density at radius 1 is 1.09 bits per heavy atom. The highest BCUT2D eigenvalue weighted by Gasteiger charge is 2.56. The van der Waals surface area contributed by atoms with E-state index in [0.717, 1.165) is 57.5 Å². The number of aryl methyl sites for hydroxylation is 1. The van der Waals surface area contributed by atoms with Gasteiger partial charge in [0, 0.05) is 30.6 Å². The van der Waals surface area contributed by atoms with Crippen LogP contribution in [0.1, 0.15) is 80.6 Å². The van der Waals surface area contributed by atoms with Crippen LogP contribution in [-0.4, -0.2) is 36.5 Å². The average Bonchev–Trinajstić information content (AvgIpc) is 3.48. The Bertz CT molecular complexity index is 1020. The molecule has 2 N–H and O–H groups in total. The molecule has 1 aromatic heterocycles. The van der Waals surface area contributed by atoms with Crippen LogP contribution >= 0.6 is 11.6 Å². The van der Waals surface area contributed by atoms with Crippen molar-refractivity contribution in [2.45, 2.75) is 81.6 Å². The van der Waals surface area contributed by atoms with Gasteiger partial charge in [-0.15, -0.1) is 0 Å². The summed E-state index contributed by atoms with van der Waals surface area (Å²) in [6.07, 6.45) is 11.8. The quantitative estimate of drug-likeness (QED) is 0.678. The molecule has 3 fully saturated rings. The van der Waals surface area contributed by atoms with Gasteiger partial charge in [-0.1, -0.05) is 49.6 Å². The van der Waals surface area contributed by atoms with Crippen molar-refractivity contribution in [2.75, 3.05) is 19.6 Å². The smallest absolute Gasteiger partial charge is 0.232 e. The minimum atomic E-state index is -0.116. The molecule has 0 radical (unpaired) electrons. The maximum atomic E-state index is 14.4. The van der Waals surface area contributed by atoms with E-state index >= 15 is 0 Å². The fourth-order valence-electron chi connectivity index (χ4n) is 7.95. The van der Waals surface area contributed by atoms with Gasteiger partial charge in [-0.2, -0.15) is 0 Å². The van der Waals surface area contributed by atoms with Crippen LogP contribution in [0, 0.1) is 11.8 Å². The minimum absolute atomic E-state index is 0. The lowest BCUT2D eigenvalue weighted by Crippen LogP contribution is -3.00. The first-order valence-corrected chi connectivity index (χ1v) is 14.0. The Labute approximate surface area is 220 Å². The van der Waals surface area contributed by atoms with Crippen molar-refractivity contribution in [2.24, 2.45) is 11.8 Å². The number of hydrogen-bond acceptors (Lipinski definition) is 2. The number of benzene rings is 1. The van der Waals surface area contributed by atoms with Gasteiger partial charge in [0.1, 0.15) is 11.7 Å². The number of nitrogens with two attached hydrogens (primary N) is 1. The highest BCUT2D eigenvalue weighted by atomic mass is 35.5. The molecule has 0 unspecified atom stereocenters. The van der Waals surface area contributed by atoms with E-state index in [1.807, 2.05) is 6.07 Å². The first kappa shape index (κ1) is 25.2. The molecule has 6 heteroatoms. The largest absolute Gasteiger partial charge is 1.00 e. The van der Waals surface area contributed by atoms with Crippen molar-refractivity contribution in [3.8, 4) is 0 Å². The summed E-state index contributed by atoms with van der Waals surface area (Å²) in [5, 5.41) is 2.85. The molecule has 1 amide bonds. The minimum Gasteiger partial charge on any atom is -1.00 e. The predicted molar refractivity (Wildman–Crippen MR) is 134 cm³/mol. The molecule has 0 bridgehead atoms. The maximum Gasteiger partial charge on any atom is 0.232 e. The second kappa shape index (κ2) is 10.5. The molecule has 4 aliphatic rings. The van der Waals surface area contributed by atoms with E-state index < -0.39 is 0 Å². The van der Waals surface area contributed by atoms with Crippen LogP contribution in [0.2, 0.25) is 5.22 Å². The highest BCUT2D eigenvalue weighted by molar-refractivity contribution is 6.29. The van der Waals surface area contributed by atoms with Crippen LogP contribution in [0.5, 0.6) is 0 Å². The number of carbonyl (C=O) groups excluding carboxylic acids is 1. The van der Waals surface area contributed by atoms with Crippen molar-refractivity contribution >= 4 is 17.5 Å². The van der Waals surface area contributed by atoms with Crippen molar-refractivity contribution in [3.63, 3.8) is 0 Å². The van der Waals surface area contributed by atoms with E-state index in [1.54, 1.807) is 0 Å². The Kier molecular flexibility index (Phi) is 7.53. The molecule has 1 spiro atoms. The Morgan fingerprint density at radius 2 is 1.89 bits per heavy atom. The summed E-state index contributed by atoms with van der Waals surface area (Å²) in [6, 6.07) is 13.4. The summed E-state index contributed by atoms with van der Waals surface area (Å²) in [5.41, 5.74) is 2.56. The van der Waals surface area contributed by atoms with Gasteiger partial charge in [-0.3, -0.25) is 4.79 Å². The normalized spacial score (nSPS) is 31.2. The Balaban J connectivity index is 0.00000253. The molecular formula is C29H38Cl2N2O2. The molecule has 6 rings (SSSR count). The number of nitrogens with zero attached hydrogens (tertiary/aromatic N) is 1. The molecule has 190 valence electrons. The molecule has 1 saturated carbocycles. The summed E-state index contributed by atoms with van der Waals surface area (Å²) in [6.45, 7) is 2.75. The van der Waals surface area contributed by atoms with Gasteiger partial charge in [0.05, 0.1) is 18.5 Å². The van der Waals surface area contributed by atoms with Gasteiger partial charge in [0.25, 0.3) is 0 Å². The number of furan rings is 1. The molecular weight excluding hydrogens is 479 g/mol. The monoisotopic (exact) mass is 516 g/mol. The number of halogens is 2. The number of rotatable bonds is 3. The zero-order chi connectivity index (χ0) is 23.1. The molecule has 2 aromatic rings. The summed E-state index contributed by atoms with van der Waals surface area (Å²) >= 11 is 6.32. The van der Waals surface area contributed by atoms with Crippen LogP contribution in [0.4, 0.5) is 0 Å². The summed E-state index contributed by atoms with van der Waals surface area (Å²) in [7, 11) is 0. The van der Waals surface area contributed by atoms with Gasteiger partial charge in [-0.05, 0) is 67.5 Å². The fourth-order valence-corrected chi connectivity index (χ4v) is 8.16. The van der Waals surface area contributed by atoms with Gasteiger partial charge in [0.15, 0.2) is 5.22 Å². The van der Waals surface area contributed by atoms with Crippen molar-refractivity contribution in [1.29, 1.82) is 0 Å². The van der Waals surface area contributed by atoms with E-state index in [2.05, 4.69) is 40.5 Å². The SMILES string of the molecule is O=C([C@@H]1C[NH2+]C[C@]12CCCc1oc(Cl)cc12)N1CC[C@@H](c2ccccc2)C[C@H]1C1CCCCC1.[Cl-]. The summed E-state index contributed by atoms with van der Waals surface area (Å²) < 4.78 is 5.87. The maximum absolute atomic E-state index is 14.4. The molecule has 1 aromatic carbocycles. The number of hydrogen-bond donors (Lipinski definition) is 1. The van der Waals surface area contributed by atoms with Gasteiger partial charge in [-0.25, -0.2) is 0 Å². The van der Waals surface area contributed by atoms with Crippen LogP contribution in [0.25, 0.3) is 0 Å². The molecule has 4 nitrogen and oxygen atoms in total. The zero-order valence-electron chi connectivity index (χ0n) is 20.6. The average molecular weight is 518 g/mol. The van der Waals surface area contributed by atoms with Gasteiger partial charge < -0.3 is 27.0 Å². The lowest BCUT2D eigenvalue weighted by molar-refractivity contribution is -0.640. The van der Waals surface area contributed by atoms with Crippen molar-refractivity contribution < 1.29 is 26.9 Å². The lowest BCUT2D eigenvalue weighted by Gasteiger charge is -2.47. The van der Waals surface area contributed by atoms with Crippen LogP contribution in [0.3, 0.4) is 0 Å². The number of quaternary nitrogens is 1. The van der Waals surface area contributed by atoms with E-state index in [9.17, 15) is 4.79 Å². The third-order valence-electron chi connectivity index (χ3n) is 9.61. The highest BCUT2D eigenvalue weighted by Crippen LogP contribution is 2.47. The number of amides is 1. The Morgan fingerprint density at radius 3 is 2.69 bits per heavy atom. The predicted octanol–water partition coefficient (Wildman–Crippen LogP) is 2.06. The van der Waals surface area contributed by atoms with E-state index in [4.69, 9.17) is 16.0 Å². The van der Waals surface area contributed by atoms with Crippen molar-refractivity contribution in [3.05, 3.63) is 58.5 Å². The molecule has 35 heavy (non-hydrogen) atoms. The van der Waals surface area contributed by atoms with E-state index in [-0.39, 0.29) is 23.7 Å². The van der Waals surface area contributed by atoms with Crippen molar-refractivity contribution in [1.82, 2.24) is 4.90 Å². The van der Waals surface area contributed by atoms with Crippen LogP contribution in [-0.2, 0) is 16.6 Å².